The summed E-state index contributed by atoms with van der Waals surface area (Å²) in [5.74, 6) is 0. The molecule has 138 valence electrons. The summed E-state index contributed by atoms with van der Waals surface area (Å²) in [4.78, 5) is 13.2. The minimum Gasteiger partial charge on any atom is -0.267 e. The Bertz CT molecular complexity index is 1300. The Morgan fingerprint density at radius 1 is 1.14 bits per heavy atom. The molecular weight excluding hydrogens is 366 g/mol. The number of hydrogen-bond donors (Lipinski definition) is 0. The first-order valence-electron chi connectivity index (χ1n) is 8.93. The molecule has 0 bridgehead atoms. The second-order valence-corrected chi connectivity index (χ2v) is 7.57. The van der Waals surface area contributed by atoms with E-state index in [0.29, 0.717) is 14.9 Å². The lowest BCUT2D eigenvalue weighted by molar-refractivity contribution is 0.979. The van der Waals surface area contributed by atoms with Crippen LogP contribution in [0.1, 0.15) is 29.2 Å². The number of aromatic nitrogens is 1. The molecule has 0 spiro atoms. The van der Waals surface area contributed by atoms with Crippen LogP contribution in [0, 0.1) is 36.5 Å². The molecule has 0 radical (unpaired) electrons. The molecule has 28 heavy (non-hydrogen) atoms. The highest BCUT2D eigenvalue weighted by Crippen LogP contribution is 2.12. The summed E-state index contributed by atoms with van der Waals surface area (Å²) >= 11 is 1.17. The third kappa shape index (κ3) is 3.67. The lowest BCUT2D eigenvalue weighted by Crippen LogP contribution is -2.30. The van der Waals surface area contributed by atoms with Crippen molar-refractivity contribution in [2.24, 2.45) is 0 Å². The molecule has 0 fully saturated rings. The van der Waals surface area contributed by atoms with Crippen LogP contribution in [0.2, 0.25) is 0 Å². The summed E-state index contributed by atoms with van der Waals surface area (Å²) in [5.41, 5.74) is 4.62. The Morgan fingerprint density at radius 2 is 1.89 bits per heavy atom. The van der Waals surface area contributed by atoms with E-state index in [1.54, 1.807) is 0 Å². The van der Waals surface area contributed by atoms with E-state index in [9.17, 15) is 15.3 Å². The molecule has 0 aliphatic rings. The van der Waals surface area contributed by atoms with Gasteiger partial charge in [-0.3, -0.25) is 9.36 Å². The Labute approximate surface area is 167 Å². The molecule has 0 aliphatic carbocycles. The summed E-state index contributed by atoms with van der Waals surface area (Å²) in [7, 11) is 0. The summed E-state index contributed by atoms with van der Waals surface area (Å²) in [6, 6.07) is 17.5. The van der Waals surface area contributed by atoms with Gasteiger partial charge in [0.15, 0.2) is 5.57 Å². The maximum atomic E-state index is 13.2. The fourth-order valence-electron chi connectivity index (χ4n) is 3.05. The normalized spacial score (nSPS) is 11.1. The summed E-state index contributed by atoms with van der Waals surface area (Å²) in [6.07, 6.45) is 2.66. The third-order valence-corrected chi connectivity index (χ3v) is 5.64. The van der Waals surface area contributed by atoms with E-state index in [0.717, 1.165) is 28.7 Å². The average Bonchev–Trinajstić information content (AvgIpc) is 3.01. The van der Waals surface area contributed by atoms with E-state index in [-0.39, 0.29) is 11.1 Å². The molecule has 1 aromatic heterocycles. The third-order valence-electron chi connectivity index (χ3n) is 4.55. The van der Waals surface area contributed by atoms with Crippen molar-refractivity contribution >= 4 is 23.0 Å². The van der Waals surface area contributed by atoms with Gasteiger partial charge in [-0.25, -0.2) is 0 Å². The summed E-state index contributed by atoms with van der Waals surface area (Å²) in [6.45, 7) is 6.06. The maximum absolute atomic E-state index is 13.2. The molecule has 0 saturated carbocycles. The second-order valence-electron chi connectivity index (χ2n) is 6.54. The van der Waals surface area contributed by atoms with E-state index in [1.807, 2.05) is 75.4 Å². The lowest BCUT2D eigenvalue weighted by Gasteiger charge is -2.04. The molecule has 4 nitrogen and oxygen atoms in total. The minimum absolute atomic E-state index is 0.0655. The van der Waals surface area contributed by atoms with Gasteiger partial charge in [0.25, 0.3) is 5.56 Å². The van der Waals surface area contributed by atoms with Crippen molar-refractivity contribution in [2.75, 3.05) is 0 Å². The molecule has 0 N–H and O–H groups in total. The molecule has 0 saturated heterocycles. The van der Waals surface area contributed by atoms with Crippen LogP contribution >= 0.6 is 11.3 Å². The highest BCUT2D eigenvalue weighted by atomic mass is 32.1. The van der Waals surface area contributed by atoms with Crippen LogP contribution in [0.25, 0.3) is 17.3 Å². The van der Waals surface area contributed by atoms with Crippen molar-refractivity contribution in [3.8, 4) is 17.8 Å². The van der Waals surface area contributed by atoms with E-state index in [2.05, 4.69) is 6.07 Å². The van der Waals surface area contributed by atoms with Crippen molar-refractivity contribution in [3.63, 3.8) is 0 Å². The van der Waals surface area contributed by atoms with Crippen LogP contribution in [0.3, 0.4) is 0 Å². The standard InChI is InChI=1S/C23H19N3OS/c1-4-17-6-5-7-20(11-17)26-22(27)21(28-23(26)19(13-24)14-25)12-18-9-8-15(2)10-16(18)3/h5-12H,4H2,1-3H3/b21-12+. The van der Waals surface area contributed by atoms with Gasteiger partial charge in [0.05, 0.1) is 10.2 Å². The van der Waals surface area contributed by atoms with E-state index < -0.39 is 0 Å². The fourth-order valence-corrected chi connectivity index (χ4v) is 4.10. The number of thiazole rings is 1. The molecule has 0 aliphatic heterocycles. The monoisotopic (exact) mass is 385 g/mol. The van der Waals surface area contributed by atoms with Crippen LogP contribution in [-0.4, -0.2) is 4.57 Å². The predicted molar refractivity (Wildman–Crippen MR) is 113 cm³/mol. The SMILES string of the molecule is CCc1cccc(-n2c(=C(C#N)C#N)s/c(=C/c3ccc(C)cc3C)c2=O)c1. The zero-order valence-electron chi connectivity index (χ0n) is 16.0. The molecule has 0 unspecified atom stereocenters. The van der Waals surface area contributed by atoms with Gasteiger partial charge in [-0.05, 0) is 55.2 Å². The quantitative estimate of drug-likeness (QED) is 0.696. The molecule has 3 rings (SSSR count). The van der Waals surface area contributed by atoms with Crippen molar-refractivity contribution in [1.82, 2.24) is 4.57 Å². The zero-order chi connectivity index (χ0) is 20.3. The molecule has 1 heterocycles. The number of rotatable bonds is 3. The van der Waals surface area contributed by atoms with Gasteiger partial charge in [-0.15, -0.1) is 11.3 Å². The summed E-state index contributed by atoms with van der Waals surface area (Å²) < 4.78 is 2.33. The number of benzene rings is 2. The lowest BCUT2D eigenvalue weighted by atomic mass is 10.1. The topological polar surface area (TPSA) is 69.6 Å². The largest absolute Gasteiger partial charge is 0.273 e. The average molecular weight is 385 g/mol. The Morgan fingerprint density at radius 3 is 2.54 bits per heavy atom. The Hall–Kier alpha value is -3.41. The van der Waals surface area contributed by atoms with Gasteiger partial charge in [-0.2, -0.15) is 10.5 Å². The van der Waals surface area contributed by atoms with Gasteiger partial charge >= 0.3 is 0 Å². The fraction of sp³-hybridized carbons (Fsp3) is 0.174. The Balaban J connectivity index is 2.39. The van der Waals surface area contributed by atoms with E-state index in [4.69, 9.17) is 0 Å². The van der Waals surface area contributed by atoms with Crippen LogP contribution in [0.15, 0.2) is 47.3 Å². The Kier molecular flexibility index (Phi) is 5.59. The summed E-state index contributed by atoms with van der Waals surface area (Å²) in [5, 5.41) is 18.8. The number of nitriles is 2. The first kappa shape index (κ1) is 19.4. The van der Waals surface area contributed by atoms with Gasteiger partial charge < -0.3 is 0 Å². The first-order valence-corrected chi connectivity index (χ1v) is 9.74. The van der Waals surface area contributed by atoms with E-state index >= 15 is 0 Å². The molecule has 5 heteroatoms. The number of aryl methyl sites for hydroxylation is 3. The van der Waals surface area contributed by atoms with Gasteiger partial charge in [0.2, 0.25) is 0 Å². The minimum atomic E-state index is -0.226. The van der Waals surface area contributed by atoms with Crippen molar-refractivity contribution < 1.29 is 0 Å². The van der Waals surface area contributed by atoms with Crippen LogP contribution in [0.4, 0.5) is 0 Å². The molecular formula is C23H19N3OS. The van der Waals surface area contributed by atoms with Gasteiger partial charge in [0.1, 0.15) is 16.8 Å². The van der Waals surface area contributed by atoms with Gasteiger partial charge in [0, 0.05) is 0 Å². The van der Waals surface area contributed by atoms with Crippen LogP contribution in [-0.2, 0) is 6.42 Å². The predicted octanol–water partition coefficient (Wildman–Crippen LogP) is 3.10. The highest BCUT2D eigenvalue weighted by Gasteiger charge is 2.12. The molecule has 0 atom stereocenters. The molecule has 2 aromatic carbocycles. The van der Waals surface area contributed by atoms with Crippen molar-refractivity contribution in [1.29, 1.82) is 10.5 Å². The smallest absolute Gasteiger partial charge is 0.267 e. The van der Waals surface area contributed by atoms with Gasteiger partial charge in [-0.1, -0.05) is 42.8 Å². The van der Waals surface area contributed by atoms with Crippen molar-refractivity contribution in [3.05, 3.63) is 84.3 Å². The van der Waals surface area contributed by atoms with E-state index in [1.165, 1.54) is 15.9 Å². The highest BCUT2D eigenvalue weighted by molar-refractivity contribution is 7.07. The second kappa shape index (κ2) is 8.08. The molecule has 3 aromatic rings. The van der Waals surface area contributed by atoms with Crippen LogP contribution in [0.5, 0.6) is 0 Å². The number of nitrogens with zero attached hydrogens (tertiary/aromatic N) is 3. The van der Waals surface area contributed by atoms with Crippen molar-refractivity contribution in [2.45, 2.75) is 27.2 Å². The first-order chi connectivity index (χ1) is 13.5. The van der Waals surface area contributed by atoms with Crippen LogP contribution < -0.4 is 14.8 Å². The maximum Gasteiger partial charge on any atom is 0.273 e. The zero-order valence-corrected chi connectivity index (χ0v) is 16.8. The molecule has 0 amide bonds. The number of hydrogen-bond acceptors (Lipinski definition) is 4.